The lowest BCUT2D eigenvalue weighted by atomic mass is 10.5. The summed E-state index contributed by atoms with van der Waals surface area (Å²) < 4.78 is 9.41. The first kappa shape index (κ1) is 15.3. The van der Waals surface area contributed by atoms with Gasteiger partial charge in [0.1, 0.15) is 8.24 Å². The van der Waals surface area contributed by atoms with Crippen molar-refractivity contribution in [3.05, 3.63) is 0 Å². The van der Waals surface area contributed by atoms with E-state index in [4.69, 9.17) is 4.43 Å². The molecule has 0 aromatic heterocycles. The number of rotatable bonds is 9. The van der Waals surface area contributed by atoms with E-state index >= 15 is 0 Å². The zero-order valence-corrected chi connectivity index (χ0v) is 13.2. The Kier molecular flexibility index (Phi) is 8.64. The Hall–Kier alpha value is 0.314. The van der Waals surface area contributed by atoms with E-state index in [2.05, 4.69) is 37.3 Å². The third-order valence-electron chi connectivity index (χ3n) is 3.28. The van der Waals surface area contributed by atoms with Gasteiger partial charge in [-0.2, -0.15) is 0 Å². The first-order valence-electron chi connectivity index (χ1n) is 6.21. The number of nitrogens with one attached hydrogen (secondary N) is 2. The standard InChI is InChI=1S/C10H28N2OSi2/c1-6-10-11-14(13-5)12-15(7-2,8-3)9-4/h11-12,14H,6-10H2,1-5H3. The molecule has 0 saturated heterocycles. The van der Waals surface area contributed by atoms with Crippen LogP contribution in [0, 0.1) is 0 Å². The molecule has 3 nitrogen and oxygen atoms in total. The summed E-state index contributed by atoms with van der Waals surface area (Å²) in [5.41, 5.74) is 0. The predicted octanol–water partition coefficient (Wildman–Crippen LogP) is 1.94. The average molecular weight is 249 g/mol. The van der Waals surface area contributed by atoms with Crippen molar-refractivity contribution < 1.29 is 4.43 Å². The molecule has 92 valence electrons. The van der Waals surface area contributed by atoms with Crippen LogP contribution in [0.4, 0.5) is 0 Å². The third-order valence-corrected chi connectivity index (χ3v) is 12.0. The molecular weight excluding hydrogens is 220 g/mol. The fourth-order valence-corrected chi connectivity index (χ4v) is 9.57. The van der Waals surface area contributed by atoms with Crippen LogP contribution >= 0.6 is 0 Å². The minimum atomic E-state index is -1.35. The molecule has 1 unspecified atom stereocenters. The van der Waals surface area contributed by atoms with Crippen molar-refractivity contribution in [1.82, 2.24) is 9.63 Å². The maximum atomic E-state index is 5.56. The summed E-state index contributed by atoms with van der Waals surface area (Å²) >= 11 is 0. The molecule has 0 spiro atoms. The molecule has 0 aliphatic carbocycles. The normalized spacial score (nSPS) is 14.2. The van der Waals surface area contributed by atoms with Crippen LogP contribution in [0.15, 0.2) is 0 Å². The van der Waals surface area contributed by atoms with Gasteiger partial charge in [-0.05, 0) is 31.1 Å². The van der Waals surface area contributed by atoms with E-state index in [9.17, 15) is 0 Å². The average Bonchev–Trinajstić information content (AvgIpc) is 2.30. The highest BCUT2D eigenvalue weighted by atomic mass is 28.4. The molecule has 0 aromatic rings. The zero-order valence-electron chi connectivity index (χ0n) is 11.0. The summed E-state index contributed by atoms with van der Waals surface area (Å²) in [6.45, 7) is 10.2. The van der Waals surface area contributed by atoms with Crippen LogP contribution in [0.3, 0.4) is 0 Å². The maximum Gasteiger partial charge on any atom is 0.328 e. The van der Waals surface area contributed by atoms with Crippen molar-refractivity contribution in [2.45, 2.75) is 52.2 Å². The van der Waals surface area contributed by atoms with Gasteiger partial charge in [-0.15, -0.1) is 0 Å². The minimum absolute atomic E-state index is 1.07. The van der Waals surface area contributed by atoms with Crippen LogP contribution in [-0.4, -0.2) is 31.3 Å². The van der Waals surface area contributed by atoms with Crippen molar-refractivity contribution in [2.24, 2.45) is 0 Å². The predicted molar refractivity (Wildman–Crippen MR) is 72.8 cm³/mol. The molecule has 15 heavy (non-hydrogen) atoms. The Balaban J connectivity index is 4.21. The molecule has 0 heterocycles. The van der Waals surface area contributed by atoms with Gasteiger partial charge in [-0.25, -0.2) is 0 Å². The van der Waals surface area contributed by atoms with Crippen molar-refractivity contribution in [2.75, 3.05) is 13.7 Å². The SMILES string of the molecule is CCCN[SiH](N[Si](CC)(CC)CC)OC. The highest BCUT2D eigenvalue weighted by Crippen LogP contribution is 2.16. The zero-order chi connectivity index (χ0) is 11.7. The largest absolute Gasteiger partial charge is 0.398 e. The Bertz CT molecular complexity index is 146. The summed E-state index contributed by atoms with van der Waals surface area (Å²) in [5.74, 6) is 0. The van der Waals surface area contributed by atoms with Gasteiger partial charge in [0.15, 0.2) is 0 Å². The lowest BCUT2D eigenvalue weighted by Gasteiger charge is -2.32. The quantitative estimate of drug-likeness (QED) is 0.612. The Morgan fingerprint density at radius 3 is 1.93 bits per heavy atom. The van der Waals surface area contributed by atoms with Gasteiger partial charge in [0.2, 0.25) is 0 Å². The second-order valence-corrected chi connectivity index (χ2v) is 11.5. The van der Waals surface area contributed by atoms with E-state index in [1.54, 1.807) is 0 Å². The molecule has 0 rings (SSSR count). The van der Waals surface area contributed by atoms with E-state index in [1.165, 1.54) is 24.6 Å². The van der Waals surface area contributed by atoms with Crippen LogP contribution in [0.2, 0.25) is 18.1 Å². The number of hydrogen-bond acceptors (Lipinski definition) is 3. The number of hydrogen-bond donors (Lipinski definition) is 2. The third kappa shape index (κ3) is 5.26. The molecule has 5 heteroatoms. The van der Waals surface area contributed by atoms with E-state index in [0.717, 1.165) is 6.54 Å². The molecule has 0 aliphatic rings. The summed E-state index contributed by atoms with van der Waals surface area (Å²) in [5, 5.41) is 0. The van der Waals surface area contributed by atoms with Gasteiger partial charge in [-0.1, -0.05) is 27.7 Å². The molecule has 2 N–H and O–H groups in total. The molecule has 0 bridgehead atoms. The molecule has 0 aromatic carbocycles. The second kappa shape index (κ2) is 8.46. The van der Waals surface area contributed by atoms with Crippen LogP contribution in [-0.2, 0) is 4.43 Å². The van der Waals surface area contributed by atoms with Crippen LogP contribution < -0.4 is 9.63 Å². The molecule has 0 saturated carbocycles. The van der Waals surface area contributed by atoms with Gasteiger partial charge in [0, 0.05) is 7.11 Å². The lowest BCUT2D eigenvalue weighted by Crippen LogP contribution is -2.62. The van der Waals surface area contributed by atoms with Gasteiger partial charge in [-0.3, -0.25) is 0 Å². The van der Waals surface area contributed by atoms with Crippen LogP contribution in [0.1, 0.15) is 34.1 Å². The Morgan fingerprint density at radius 2 is 1.60 bits per heavy atom. The second-order valence-electron chi connectivity index (χ2n) is 4.06. The Morgan fingerprint density at radius 1 is 1.07 bits per heavy atom. The molecule has 0 amide bonds. The van der Waals surface area contributed by atoms with Crippen molar-refractivity contribution in [3.63, 3.8) is 0 Å². The summed E-state index contributed by atoms with van der Waals surface area (Å²) in [6.07, 6.45) is 1.17. The molecular formula is C10H28N2OSi2. The van der Waals surface area contributed by atoms with Gasteiger partial charge in [0.05, 0.1) is 0 Å². The summed E-state index contributed by atoms with van der Waals surface area (Å²) in [7, 11) is -0.748. The fourth-order valence-electron chi connectivity index (χ4n) is 1.80. The van der Waals surface area contributed by atoms with Crippen LogP contribution in [0.5, 0.6) is 0 Å². The van der Waals surface area contributed by atoms with Crippen molar-refractivity contribution >= 4 is 17.6 Å². The highest BCUT2D eigenvalue weighted by molar-refractivity contribution is 6.84. The van der Waals surface area contributed by atoms with Crippen molar-refractivity contribution in [1.29, 1.82) is 0 Å². The first-order chi connectivity index (χ1) is 7.17. The van der Waals surface area contributed by atoms with Crippen LogP contribution in [0.25, 0.3) is 0 Å². The molecule has 1 atom stereocenters. The van der Waals surface area contributed by atoms with E-state index in [0.29, 0.717) is 0 Å². The fraction of sp³-hybridized carbons (Fsp3) is 1.00. The van der Waals surface area contributed by atoms with Gasteiger partial charge in [0.25, 0.3) is 0 Å². The van der Waals surface area contributed by atoms with Gasteiger partial charge >= 0.3 is 9.36 Å². The van der Waals surface area contributed by atoms with Gasteiger partial charge < -0.3 is 14.1 Å². The first-order valence-corrected chi connectivity index (χ1v) is 10.5. The van der Waals surface area contributed by atoms with E-state index < -0.39 is 17.6 Å². The van der Waals surface area contributed by atoms with E-state index in [-0.39, 0.29) is 0 Å². The topological polar surface area (TPSA) is 33.3 Å². The molecule has 0 aliphatic heterocycles. The Labute approximate surface area is 98.0 Å². The molecule has 0 radical (unpaired) electrons. The minimum Gasteiger partial charge on any atom is -0.398 e. The monoisotopic (exact) mass is 248 g/mol. The molecule has 0 fully saturated rings. The highest BCUT2D eigenvalue weighted by Gasteiger charge is 2.30. The summed E-state index contributed by atoms with van der Waals surface area (Å²) in [6, 6.07) is 3.92. The summed E-state index contributed by atoms with van der Waals surface area (Å²) in [4.78, 5) is 3.52. The smallest absolute Gasteiger partial charge is 0.328 e. The lowest BCUT2D eigenvalue weighted by molar-refractivity contribution is 0.401. The van der Waals surface area contributed by atoms with Crippen molar-refractivity contribution in [3.8, 4) is 0 Å². The maximum absolute atomic E-state index is 5.56. The van der Waals surface area contributed by atoms with E-state index in [1.807, 2.05) is 7.11 Å².